The van der Waals surface area contributed by atoms with Crippen LogP contribution in [0, 0.1) is 5.82 Å². The molecular formula is C11H13FN2O2. The highest BCUT2D eigenvalue weighted by Crippen LogP contribution is 2.22. The van der Waals surface area contributed by atoms with E-state index >= 15 is 0 Å². The zero-order chi connectivity index (χ0) is 11.5. The predicted octanol–water partition coefficient (Wildman–Crippen LogP) is 0.761. The molecule has 0 aromatic heterocycles. The summed E-state index contributed by atoms with van der Waals surface area (Å²) < 4.78 is 18.4. The lowest BCUT2D eigenvalue weighted by atomic mass is 10.1. The van der Waals surface area contributed by atoms with Crippen molar-refractivity contribution in [1.82, 2.24) is 0 Å². The highest BCUT2D eigenvalue weighted by Gasteiger charge is 2.17. The van der Waals surface area contributed by atoms with Gasteiger partial charge in [0.05, 0.1) is 24.5 Å². The standard InChI is InChI=1S/C11H13FN2O2/c12-8-1-2-9(11(13)15)10(7-8)14-3-5-16-6-4-14/h1-2,7H,3-6H2,(H2,13,15). The van der Waals surface area contributed by atoms with E-state index in [0.29, 0.717) is 37.6 Å². The number of nitrogens with zero attached hydrogens (tertiary/aromatic N) is 1. The number of rotatable bonds is 2. The second kappa shape index (κ2) is 4.49. The highest BCUT2D eigenvalue weighted by atomic mass is 19.1. The van der Waals surface area contributed by atoms with Gasteiger partial charge in [-0.1, -0.05) is 0 Å². The van der Waals surface area contributed by atoms with Gasteiger partial charge in [-0.15, -0.1) is 0 Å². The smallest absolute Gasteiger partial charge is 0.250 e. The molecule has 1 aromatic rings. The van der Waals surface area contributed by atoms with Gasteiger partial charge in [0.15, 0.2) is 0 Å². The molecule has 0 radical (unpaired) electrons. The van der Waals surface area contributed by atoms with Crippen molar-refractivity contribution in [2.24, 2.45) is 5.73 Å². The number of carbonyl (C=O) groups excluding carboxylic acids is 1. The lowest BCUT2D eigenvalue weighted by molar-refractivity contribution is 0.0998. The van der Waals surface area contributed by atoms with Gasteiger partial charge in [0.25, 0.3) is 5.91 Å². The largest absolute Gasteiger partial charge is 0.378 e. The number of hydrogen-bond acceptors (Lipinski definition) is 3. The van der Waals surface area contributed by atoms with Crippen LogP contribution in [0.4, 0.5) is 10.1 Å². The molecule has 5 heteroatoms. The Bertz CT molecular complexity index is 403. The van der Waals surface area contributed by atoms with E-state index < -0.39 is 5.91 Å². The summed E-state index contributed by atoms with van der Waals surface area (Å²) in [5.41, 5.74) is 6.15. The maximum absolute atomic E-state index is 13.2. The molecule has 1 fully saturated rings. The molecule has 1 aliphatic rings. The maximum atomic E-state index is 13.2. The summed E-state index contributed by atoms with van der Waals surface area (Å²) in [7, 11) is 0. The van der Waals surface area contributed by atoms with Crippen LogP contribution in [0.15, 0.2) is 18.2 Å². The van der Waals surface area contributed by atoms with E-state index in [1.807, 2.05) is 4.90 Å². The summed E-state index contributed by atoms with van der Waals surface area (Å²) in [6.45, 7) is 2.44. The van der Waals surface area contributed by atoms with E-state index in [-0.39, 0.29) is 5.82 Å². The van der Waals surface area contributed by atoms with Crippen molar-refractivity contribution in [2.75, 3.05) is 31.2 Å². The number of benzene rings is 1. The summed E-state index contributed by atoms with van der Waals surface area (Å²) in [4.78, 5) is 13.1. The molecule has 1 amide bonds. The third-order valence-corrected chi connectivity index (χ3v) is 2.58. The number of nitrogens with two attached hydrogens (primary N) is 1. The second-order valence-corrected chi connectivity index (χ2v) is 3.63. The molecule has 86 valence electrons. The minimum atomic E-state index is -0.540. The van der Waals surface area contributed by atoms with Gasteiger partial charge in [0.1, 0.15) is 5.82 Å². The van der Waals surface area contributed by atoms with E-state index in [0.717, 1.165) is 0 Å². The third kappa shape index (κ3) is 2.14. The Hall–Kier alpha value is -1.62. The average Bonchev–Trinajstić information content (AvgIpc) is 2.29. The number of ether oxygens (including phenoxy) is 1. The minimum Gasteiger partial charge on any atom is -0.378 e. The van der Waals surface area contributed by atoms with Gasteiger partial charge < -0.3 is 15.4 Å². The van der Waals surface area contributed by atoms with E-state index in [1.165, 1.54) is 18.2 Å². The topological polar surface area (TPSA) is 55.6 Å². The Labute approximate surface area is 92.8 Å². The molecule has 16 heavy (non-hydrogen) atoms. The normalized spacial score (nSPS) is 16.2. The molecule has 2 rings (SSSR count). The van der Waals surface area contributed by atoms with Crippen LogP contribution in [0.2, 0.25) is 0 Å². The van der Waals surface area contributed by atoms with Crippen LogP contribution < -0.4 is 10.6 Å². The molecule has 0 saturated carbocycles. The van der Waals surface area contributed by atoms with Crippen molar-refractivity contribution in [3.05, 3.63) is 29.6 Å². The van der Waals surface area contributed by atoms with Crippen LogP contribution in [0.1, 0.15) is 10.4 Å². The molecule has 0 aliphatic carbocycles. The Morgan fingerprint density at radius 3 is 2.69 bits per heavy atom. The molecule has 2 N–H and O–H groups in total. The molecule has 4 nitrogen and oxygen atoms in total. The third-order valence-electron chi connectivity index (χ3n) is 2.58. The summed E-state index contributed by atoms with van der Waals surface area (Å²) in [6, 6.07) is 4.00. The first-order chi connectivity index (χ1) is 7.68. The lowest BCUT2D eigenvalue weighted by Gasteiger charge is -2.30. The van der Waals surface area contributed by atoms with Crippen LogP contribution in [0.5, 0.6) is 0 Å². The van der Waals surface area contributed by atoms with E-state index in [9.17, 15) is 9.18 Å². The first kappa shape index (κ1) is 10.9. The van der Waals surface area contributed by atoms with Gasteiger partial charge >= 0.3 is 0 Å². The summed E-state index contributed by atoms with van der Waals surface area (Å²) in [5.74, 6) is -0.909. The quantitative estimate of drug-likeness (QED) is 0.807. The summed E-state index contributed by atoms with van der Waals surface area (Å²) in [5, 5.41) is 0. The molecule has 1 heterocycles. The van der Waals surface area contributed by atoms with Crippen LogP contribution in [-0.2, 0) is 4.74 Å². The predicted molar refractivity (Wildman–Crippen MR) is 57.9 cm³/mol. The Balaban J connectivity index is 2.36. The van der Waals surface area contributed by atoms with Crippen molar-refractivity contribution >= 4 is 11.6 Å². The van der Waals surface area contributed by atoms with Crippen LogP contribution >= 0.6 is 0 Å². The second-order valence-electron chi connectivity index (χ2n) is 3.63. The average molecular weight is 224 g/mol. The van der Waals surface area contributed by atoms with E-state index in [1.54, 1.807) is 0 Å². The number of hydrogen-bond donors (Lipinski definition) is 1. The zero-order valence-corrected chi connectivity index (χ0v) is 8.78. The zero-order valence-electron chi connectivity index (χ0n) is 8.78. The molecule has 1 aliphatic heterocycles. The highest BCUT2D eigenvalue weighted by molar-refractivity contribution is 5.98. The Kier molecular flexibility index (Phi) is 3.05. The molecule has 1 aromatic carbocycles. The van der Waals surface area contributed by atoms with Gasteiger partial charge in [0, 0.05) is 13.1 Å². The van der Waals surface area contributed by atoms with Gasteiger partial charge in [-0.3, -0.25) is 4.79 Å². The van der Waals surface area contributed by atoms with Crippen molar-refractivity contribution < 1.29 is 13.9 Å². The van der Waals surface area contributed by atoms with E-state index in [2.05, 4.69) is 0 Å². The molecule has 0 atom stereocenters. The first-order valence-corrected chi connectivity index (χ1v) is 5.10. The van der Waals surface area contributed by atoms with Gasteiger partial charge in [-0.25, -0.2) is 4.39 Å². The summed E-state index contributed by atoms with van der Waals surface area (Å²) >= 11 is 0. The SMILES string of the molecule is NC(=O)c1ccc(F)cc1N1CCOCC1. The number of morpholine rings is 1. The fraction of sp³-hybridized carbons (Fsp3) is 0.364. The molecular weight excluding hydrogens is 211 g/mol. The van der Waals surface area contributed by atoms with Crippen molar-refractivity contribution in [3.8, 4) is 0 Å². The van der Waals surface area contributed by atoms with Crippen LogP contribution in [-0.4, -0.2) is 32.2 Å². The maximum Gasteiger partial charge on any atom is 0.250 e. The fourth-order valence-electron chi connectivity index (χ4n) is 1.78. The summed E-state index contributed by atoms with van der Waals surface area (Å²) in [6.07, 6.45) is 0. The Morgan fingerprint density at radius 2 is 2.06 bits per heavy atom. The van der Waals surface area contributed by atoms with Gasteiger partial charge in [0.2, 0.25) is 0 Å². The fourth-order valence-corrected chi connectivity index (χ4v) is 1.78. The monoisotopic (exact) mass is 224 g/mol. The first-order valence-electron chi connectivity index (χ1n) is 5.10. The van der Waals surface area contributed by atoms with Crippen LogP contribution in [0.3, 0.4) is 0 Å². The molecule has 1 saturated heterocycles. The number of primary amides is 1. The van der Waals surface area contributed by atoms with E-state index in [4.69, 9.17) is 10.5 Å². The lowest BCUT2D eigenvalue weighted by Crippen LogP contribution is -2.37. The van der Waals surface area contributed by atoms with Crippen molar-refractivity contribution in [1.29, 1.82) is 0 Å². The molecule has 0 spiro atoms. The number of halogens is 1. The van der Waals surface area contributed by atoms with Crippen LogP contribution in [0.25, 0.3) is 0 Å². The van der Waals surface area contributed by atoms with Gasteiger partial charge in [-0.05, 0) is 18.2 Å². The molecule has 0 unspecified atom stereocenters. The minimum absolute atomic E-state index is 0.350. The number of amides is 1. The Morgan fingerprint density at radius 1 is 1.38 bits per heavy atom. The number of carbonyl (C=O) groups is 1. The van der Waals surface area contributed by atoms with Crippen molar-refractivity contribution in [3.63, 3.8) is 0 Å². The van der Waals surface area contributed by atoms with Gasteiger partial charge in [-0.2, -0.15) is 0 Å². The van der Waals surface area contributed by atoms with Crippen molar-refractivity contribution in [2.45, 2.75) is 0 Å². The molecule has 0 bridgehead atoms. The number of anilines is 1.